The van der Waals surface area contributed by atoms with Gasteiger partial charge in [0.1, 0.15) is 10.8 Å². The van der Waals surface area contributed by atoms with Gasteiger partial charge in [0.15, 0.2) is 0 Å². The normalized spacial score (nSPS) is 20.2. The second-order valence-corrected chi connectivity index (χ2v) is 19.7. The van der Waals surface area contributed by atoms with Crippen LogP contribution in [-0.4, -0.2) is 5.84 Å². The van der Waals surface area contributed by atoms with Crippen molar-refractivity contribution in [2.24, 2.45) is 4.99 Å². The minimum atomic E-state index is 0.0363. The smallest absolute Gasteiger partial charge is 0.135 e. The summed E-state index contributed by atoms with van der Waals surface area (Å²) >= 11 is 1.79. The number of fused-ring (bicyclic) bond motifs is 13. The van der Waals surface area contributed by atoms with E-state index in [4.69, 9.17) is 4.99 Å². The molecule has 6 aromatic carbocycles. The molecule has 3 heteroatoms. The van der Waals surface area contributed by atoms with Crippen LogP contribution in [0.1, 0.15) is 122 Å². The summed E-state index contributed by atoms with van der Waals surface area (Å²) in [5, 5.41) is 6.25. The molecule has 1 aliphatic heterocycles. The Morgan fingerprint density at radius 2 is 1.21 bits per heavy atom. The summed E-state index contributed by atoms with van der Waals surface area (Å²) < 4.78 is 1.28. The molecule has 2 fully saturated rings. The van der Waals surface area contributed by atoms with Crippen LogP contribution in [0.5, 0.6) is 0 Å². The van der Waals surface area contributed by atoms with Gasteiger partial charge in [-0.15, -0.1) is 11.3 Å². The van der Waals surface area contributed by atoms with Gasteiger partial charge in [-0.1, -0.05) is 160 Å². The average Bonchev–Trinajstić information content (AvgIpc) is 3.93. The molecular weight excluding hydrogens is 757 g/mol. The number of hydrogen-bond acceptors (Lipinski definition) is 3. The molecule has 0 bridgehead atoms. The van der Waals surface area contributed by atoms with E-state index in [9.17, 15) is 0 Å². The third-order valence-corrected chi connectivity index (χ3v) is 16.7. The Morgan fingerprint density at radius 1 is 0.525 bits per heavy atom. The van der Waals surface area contributed by atoms with E-state index in [0.717, 1.165) is 16.4 Å². The maximum atomic E-state index is 5.26. The van der Waals surface area contributed by atoms with Gasteiger partial charge < -0.3 is 5.32 Å². The van der Waals surface area contributed by atoms with Gasteiger partial charge in [-0.2, -0.15) is 0 Å². The lowest BCUT2D eigenvalue weighted by Crippen LogP contribution is -2.32. The predicted molar refractivity (Wildman–Crippen MR) is 256 cm³/mol. The van der Waals surface area contributed by atoms with Crippen LogP contribution in [0.15, 0.2) is 156 Å². The Hall–Kier alpha value is -5.77. The van der Waals surface area contributed by atoms with Crippen molar-refractivity contribution in [2.75, 3.05) is 0 Å². The van der Waals surface area contributed by atoms with Gasteiger partial charge in [0.05, 0.1) is 6.04 Å². The van der Waals surface area contributed by atoms with Crippen LogP contribution < -0.4 is 5.32 Å². The molecule has 13 rings (SSSR count). The highest BCUT2D eigenvalue weighted by Gasteiger charge is 2.50. The Kier molecular flexibility index (Phi) is 8.17. The summed E-state index contributed by atoms with van der Waals surface area (Å²) in [5.74, 6) is 0.927. The van der Waals surface area contributed by atoms with Crippen LogP contribution in [0.4, 0.5) is 5.00 Å². The van der Waals surface area contributed by atoms with Crippen LogP contribution in [0.2, 0.25) is 0 Å². The van der Waals surface area contributed by atoms with Crippen molar-refractivity contribution in [3.8, 4) is 33.4 Å². The van der Waals surface area contributed by atoms with E-state index in [2.05, 4.69) is 151 Å². The lowest BCUT2D eigenvalue weighted by Gasteiger charge is -2.37. The molecule has 1 unspecified atom stereocenters. The second-order valence-electron chi connectivity index (χ2n) is 18.7. The fourth-order valence-electron chi connectivity index (χ4n) is 12.9. The summed E-state index contributed by atoms with van der Waals surface area (Å²) in [6.07, 6.45) is 20.7. The first-order chi connectivity index (χ1) is 30.2. The van der Waals surface area contributed by atoms with Crippen molar-refractivity contribution in [1.29, 1.82) is 0 Å². The molecule has 2 saturated carbocycles. The minimum absolute atomic E-state index is 0.0363. The highest BCUT2D eigenvalue weighted by Crippen LogP contribution is 2.64. The first-order valence-electron chi connectivity index (χ1n) is 23.1. The summed E-state index contributed by atoms with van der Waals surface area (Å²) in [4.78, 5) is 5.26. The Balaban J connectivity index is 0.895. The fraction of sp³-hybridized carbons (Fsp3) is 0.259. The maximum absolute atomic E-state index is 5.26. The van der Waals surface area contributed by atoms with E-state index in [0.29, 0.717) is 0 Å². The first kappa shape index (κ1) is 35.9. The van der Waals surface area contributed by atoms with Crippen LogP contribution in [0, 0.1) is 0 Å². The quantitative estimate of drug-likeness (QED) is 0.188. The molecule has 5 aliphatic carbocycles. The maximum Gasteiger partial charge on any atom is 0.135 e. The van der Waals surface area contributed by atoms with E-state index in [1.165, 1.54) is 132 Å². The molecule has 2 heterocycles. The fourth-order valence-corrected chi connectivity index (χ4v) is 14.0. The van der Waals surface area contributed by atoms with Gasteiger partial charge in [-0.3, -0.25) is 0 Å². The van der Waals surface area contributed by atoms with Crippen molar-refractivity contribution in [3.63, 3.8) is 0 Å². The SMILES string of the molecule is C1=C2C(=CCC1)C1(CCCCC1)c1cc3c(cc12)C1(CCCCC1)c1cccc(-c2cccc(-c4ccc(C5=Nc6sc7ccccc7c6C(c6ccccc6)N5)cc4)c2)c1-3. The van der Waals surface area contributed by atoms with Crippen molar-refractivity contribution < 1.29 is 0 Å². The first-order valence-corrected chi connectivity index (χ1v) is 23.9. The monoisotopic (exact) mass is 806 g/mol. The molecule has 298 valence electrons. The molecule has 61 heavy (non-hydrogen) atoms. The van der Waals surface area contributed by atoms with Gasteiger partial charge >= 0.3 is 0 Å². The zero-order valence-electron chi connectivity index (χ0n) is 34.8. The number of rotatable bonds is 4. The minimum Gasteiger partial charge on any atom is -0.358 e. The Bertz CT molecular complexity index is 3000. The van der Waals surface area contributed by atoms with E-state index in [-0.39, 0.29) is 16.9 Å². The van der Waals surface area contributed by atoms with Crippen LogP contribution >= 0.6 is 11.3 Å². The molecule has 0 amide bonds. The summed E-state index contributed by atoms with van der Waals surface area (Å²) in [7, 11) is 0. The van der Waals surface area contributed by atoms with Crippen molar-refractivity contribution in [1.82, 2.24) is 5.32 Å². The van der Waals surface area contributed by atoms with Crippen molar-refractivity contribution >= 4 is 37.8 Å². The lowest BCUT2D eigenvalue weighted by molar-refractivity contribution is 0.349. The number of thiophene rings is 1. The van der Waals surface area contributed by atoms with Crippen molar-refractivity contribution in [2.45, 2.75) is 93.9 Å². The molecule has 7 aromatic rings. The van der Waals surface area contributed by atoms with Crippen molar-refractivity contribution in [3.05, 3.63) is 190 Å². The number of nitrogens with one attached hydrogen (secondary N) is 1. The number of amidine groups is 1. The van der Waals surface area contributed by atoms with Gasteiger partial charge in [0.2, 0.25) is 0 Å². The van der Waals surface area contributed by atoms with Gasteiger partial charge in [0, 0.05) is 32.0 Å². The summed E-state index contributed by atoms with van der Waals surface area (Å²) in [6.45, 7) is 0. The molecule has 2 spiro atoms. The molecule has 0 saturated heterocycles. The summed E-state index contributed by atoms with van der Waals surface area (Å²) in [5.41, 5.74) is 21.8. The Morgan fingerprint density at radius 3 is 2.05 bits per heavy atom. The van der Waals surface area contributed by atoms with Crippen LogP contribution in [-0.2, 0) is 10.8 Å². The van der Waals surface area contributed by atoms with E-state index < -0.39 is 0 Å². The van der Waals surface area contributed by atoms with Gasteiger partial charge in [-0.25, -0.2) is 4.99 Å². The zero-order chi connectivity index (χ0) is 40.1. The predicted octanol–water partition coefficient (Wildman–Crippen LogP) is 15.6. The second kappa shape index (κ2) is 13.9. The number of nitrogens with zero attached hydrogens (tertiary/aromatic N) is 1. The molecule has 1 atom stereocenters. The molecule has 6 aliphatic rings. The number of hydrogen-bond donors (Lipinski definition) is 1. The molecule has 1 aromatic heterocycles. The van der Waals surface area contributed by atoms with E-state index in [1.54, 1.807) is 44.7 Å². The topological polar surface area (TPSA) is 24.4 Å². The van der Waals surface area contributed by atoms with Gasteiger partial charge in [0.25, 0.3) is 0 Å². The molecule has 1 N–H and O–H groups in total. The Labute approximate surface area is 363 Å². The largest absolute Gasteiger partial charge is 0.358 e. The third-order valence-electron chi connectivity index (χ3n) is 15.6. The molecule has 2 nitrogen and oxygen atoms in total. The third kappa shape index (κ3) is 5.35. The lowest BCUT2D eigenvalue weighted by atomic mass is 9.66. The highest BCUT2D eigenvalue weighted by atomic mass is 32.1. The van der Waals surface area contributed by atoms with Gasteiger partial charge in [-0.05, 0) is 135 Å². The van der Waals surface area contributed by atoms with Crippen LogP contribution in [0.25, 0.3) is 49.0 Å². The number of aliphatic imine (C=N–C) groups is 1. The number of benzene rings is 6. The zero-order valence-corrected chi connectivity index (χ0v) is 35.6. The molecule has 0 radical (unpaired) electrons. The summed E-state index contributed by atoms with van der Waals surface area (Å²) in [6, 6.07) is 50.8. The van der Waals surface area contributed by atoms with Crippen LogP contribution in [0.3, 0.4) is 0 Å². The standard InChI is InChI=1S/C58H50N2S/c1-4-16-38(17-5-1)54-53-44-21-7-9-25-51(44)61-56(53)60-55(59-54)39-28-26-37(27-29-39)40-18-14-19-41(34-40)42-22-15-24-48-52(42)46-36-49-45(35-50(46)58(48)32-12-3-13-33-58)43-20-6-8-23-47(43)57(49)30-10-2-11-31-57/h1,4-5,7,9,14-29,34-36,54H,2-3,6,8,10-13,30-33H2,(H,59,60). The van der Waals surface area contributed by atoms with E-state index in [1.807, 2.05) is 0 Å². The molecular formula is C58H50N2S. The number of allylic oxidation sites excluding steroid dienone is 4. The highest BCUT2D eigenvalue weighted by molar-refractivity contribution is 7.22. The average molecular weight is 807 g/mol. The van der Waals surface area contributed by atoms with E-state index >= 15 is 0 Å².